The minimum atomic E-state index is 0.197. The van der Waals surface area contributed by atoms with Crippen LogP contribution in [0.4, 0.5) is 0 Å². The highest BCUT2D eigenvalue weighted by atomic mass is 32.1. The summed E-state index contributed by atoms with van der Waals surface area (Å²) in [5.74, 6) is 0. The van der Waals surface area contributed by atoms with E-state index >= 15 is 0 Å². The van der Waals surface area contributed by atoms with Gasteiger partial charge in [0, 0.05) is 32.2 Å². The number of hydrogen-bond donors (Lipinski definition) is 4. The number of nitrogens with two attached hydrogens (primary N) is 1. The van der Waals surface area contributed by atoms with Gasteiger partial charge in [0.15, 0.2) is 0 Å². The average Bonchev–Trinajstić information content (AvgIpc) is 2.03. The molecule has 0 radical (unpaired) electrons. The van der Waals surface area contributed by atoms with Crippen LogP contribution in [0, 0.1) is 0 Å². The summed E-state index contributed by atoms with van der Waals surface area (Å²) < 4.78 is 0.703. The van der Waals surface area contributed by atoms with E-state index in [1.807, 2.05) is 6.92 Å². The van der Waals surface area contributed by atoms with Gasteiger partial charge < -0.3 is 16.4 Å². The number of rotatable bonds is 7. The quantitative estimate of drug-likeness (QED) is 0.265. The van der Waals surface area contributed by atoms with E-state index in [4.69, 9.17) is 18.0 Å². The minimum Gasteiger partial charge on any atom is -0.329 e. The summed E-state index contributed by atoms with van der Waals surface area (Å²) in [5, 5.41) is 6.39. The highest BCUT2D eigenvalue weighted by Gasteiger charge is 2.01. The zero-order valence-corrected chi connectivity index (χ0v) is 9.05. The van der Waals surface area contributed by atoms with Gasteiger partial charge >= 0.3 is 0 Å². The number of thiol groups is 1. The van der Waals surface area contributed by atoms with Gasteiger partial charge in [-0.15, -0.1) is 12.6 Å². The van der Waals surface area contributed by atoms with Crippen molar-refractivity contribution in [2.24, 2.45) is 5.73 Å². The second-order valence-corrected chi connectivity index (χ2v) is 3.78. The van der Waals surface area contributed by atoms with Crippen molar-refractivity contribution in [3.8, 4) is 0 Å². The lowest BCUT2D eigenvalue weighted by Gasteiger charge is -2.11. The van der Waals surface area contributed by atoms with Crippen LogP contribution in [0.1, 0.15) is 6.92 Å². The van der Waals surface area contributed by atoms with Gasteiger partial charge in [0.05, 0.1) is 4.20 Å². The van der Waals surface area contributed by atoms with E-state index in [9.17, 15) is 0 Å². The zero-order valence-electron chi connectivity index (χ0n) is 7.34. The molecule has 0 aliphatic heterocycles. The topological polar surface area (TPSA) is 50.1 Å². The van der Waals surface area contributed by atoms with Gasteiger partial charge in [-0.25, -0.2) is 0 Å². The van der Waals surface area contributed by atoms with Crippen LogP contribution in [0.25, 0.3) is 0 Å². The van der Waals surface area contributed by atoms with E-state index in [0.717, 1.165) is 19.6 Å². The fourth-order valence-corrected chi connectivity index (χ4v) is 0.866. The molecule has 12 heavy (non-hydrogen) atoms. The number of thiocarbonyl (C=S) groups is 1. The van der Waals surface area contributed by atoms with Crippen LogP contribution in [-0.2, 0) is 0 Å². The standard InChI is InChI=1S/C7H17N3S2/c1-6(7(11)12)10-5-4-9-3-2-8/h6,9-10H,2-5,8H2,1H3,(H,11,12). The highest BCUT2D eigenvalue weighted by molar-refractivity contribution is 8.11. The summed E-state index contributed by atoms with van der Waals surface area (Å²) in [4.78, 5) is 0. The lowest BCUT2D eigenvalue weighted by Crippen LogP contribution is -2.37. The van der Waals surface area contributed by atoms with Gasteiger partial charge in [-0.2, -0.15) is 0 Å². The van der Waals surface area contributed by atoms with E-state index in [-0.39, 0.29) is 6.04 Å². The Balaban J connectivity index is 3.14. The Kier molecular flexibility index (Phi) is 8.15. The first-order valence-corrected chi connectivity index (χ1v) is 4.91. The molecule has 0 saturated heterocycles. The monoisotopic (exact) mass is 207 g/mol. The fourth-order valence-electron chi connectivity index (χ4n) is 0.691. The molecule has 0 aromatic rings. The maximum Gasteiger partial charge on any atom is 0.0615 e. The lowest BCUT2D eigenvalue weighted by molar-refractivity contribution is 0.604. The smallest absolute Gasteiger partial charge is 0.0615 e. The molecular weight excluding hydrogens is 190 g/mol. The van der Waals surface area contributed by atoms with Crippen LogP contribution >= 0.6 is 24.8 Å². The molecule has 1 atom stereocenters. The summed E-state index contributed by atoms with van der Waals surface area (Å²) in [6.07, 6.45) is 0. The first kappa shape index (κ1) is 12.3. The molecule has 5 heteroatoms. The van der Waals surface area contributed by atoms with Crippen LogP contribution in [0.5, 0.6) is 0 Å². The molecule has 0 heterocycles. The Morgan fingerprint density at radius 1 is 1.50 bits per heavy atom. The lowest BCUT2D eigenvalue weighted by atomic mass is 10.4. The molecule has 0 saturated carbocycles. The van der Waals surface area contributed by atoms with E-state index in [2.05, 4.69) is 23.3 Å². The summed E-state index contributed by atoms with van der Waals surface area (Å²) >= 11 is 8.95. The summed E-state index contributed by atoms with van der Waals surface area (Å²) in [6.45, 7) is 5.35. The summed E-state index contributed by atoms with van der Waals surface area (Å²) in [5.41, 5.74) is 5.30. The predicted molar refractivity (Wildman–Crippen MR) is 61.0 cm³/mol. The Hall–Kier alpha value is 0.320. The SMILES string of the molecule is CC(NCCNCCN)C(=S)S. The van der Waals surface area contributed by atoms with Crippen molar-refractivity contribution in [1.29, 1.82) is 0 Å². The normalized spacial score (nSPS) is 12.9. The third kappa shape index (κ3) is 7.00. The molecule has 0 aliphatic carbocycles. The molecular formula is C7H17N3S2. The Morgan fingerprint density at radius 2 is 2.17 bits per heavy atom. The summed E-state index contributed by atoms with van der Waals surface area (Å²) in [7, 11) is 0. The van der Waals surface area contributed by atoms with E-state index in [1.54, 1.807) is 0 Å². The molecule has 72 valence electrons. The van der Waals surface area contributed by atoms with E-state index in [1.165, 1.54) is 0 Å². The molecule has 0 aliphatic rings. The average molecular weight is 207 g/mol. The molecule has 3 nitrogen and oxygen atoms in total. The van der Waals surface area contributed by atoms with Crippen molar-refractivity contribution in [2.75, 3.05) is 26.2 Å². The van der Waals surface area contributed by atoms with Crippen LogP contribution in [-0.4, -0.2) is 36.4 Å². The Labute approximate surface area is 84.9 Å². The molecule has 0 aromatic carbocycles. The summed E-state index contributed by atoms with van der Waals surface area (Å²) in [6, 6.07) is 0.197. The fraction of sp³-hybridized carbons (Fsp3) is 0.857. The first-order valence-electron chi connectivity index (χ1n) is 4.05. The molecule has 1 unspecified atom stereocenters. The Morgan fingerprint density at radius 3 is 2.67 bits per heavy atom. The van der Waals surface area contributed by atoms with Crippen molar-refractivity contribution < 1.29 is 0 Å². The second-order valence-electron chi connectivity index (χ2n) is 2.55. The van der Waals surface area contributed by atoms with Crippen LogP contribution < -0.4 is 16.4 Å². The molecule has 0 rings (SSSR count). The molecule has 0 spiro atoms. The van der Waals surface area contributed by atoms with Gasteiger partial charge in [-0.05, 0) is 6.92 Å². The maximum absolute atomic E-state index is 5.30. The third-order valence-corrected chi connectivity index (χ3v) is 2.18. The van der Waals surface area contributed by atoms with Crippen LogP contribution in [0.15, 0.2) is 0 Å². The number of hydrogen-bond acceptors (Lipinski definition) is 4. The van der Waals surface area contributed by atoms with Crippen molar-refractivity contribution in [2.45, 2.75) is 13.0 Å². The van der Waals surface area contributed by atoms with Crippen LogP contribution in [0.2, 0.25) is 0 Å². The van der Waals surface area contributed by atoms with E-state index in [0.29, 0.717) is 10.7 Å². The molecule has 4 N–H and O–H groups in total. The first-order chi connectivity index (χ1) is 5.68. The van der Waals surface area contributed by atoms with Crippen LogP contribution in [0.3, 0.4) is 0 Å². The predicted octanol–water partition coefficient (Wildman–Crippen LogP) is -0.230. The molecule has 0 fully saturated rings. The van der Waals surface area contributed by atoms with Crippen molar-refractivity contribution in [3.63, 3.8) is 0 Å². The van der Waals surface area contributed by atoms with Gasteiger partial charge in [0.2, 0.25) is 0 Å². The van der Waals surface area contributed by atoms with Gasteiger partial charge in [-0.1, -0.05) is 12.2 Å². The Bertz CT molecular complexity index is 130. The molecule has 0 amide bonds. The molecule has 0 bridgehead atoms. The zero-order chi connectivity index (χ0) is 9.40. The van der Waals surface area contributed by atoms with E-state index < -0.39 is 0 Å². The molecule has 0 aromatic heterocycles. The van der Waals surface area contributed by atoms with Crippen molar-refractivity contribution in [3.05, 3.63) is 0 Å². The third-order valence-electron chi connectivity index (χ3n) is 1.44. The van der Waals surface area contributed by atoms with Gasteiger partial charge in [-0.3, -0.25) is 0 Å². The maximum atomic E-state index is 5.30. The largest absolute Gasteiger partial charge is 0.329 e. The van der Waals surface area contributed by atoms with Crippen molar-refractivity contribution in [1.82, 2.24) is 10.6 Å². The number of nitrogens with one attached hydrogen (secondary N) is 2. The van der Waals surface area contributed by atoms with Gasteiger partial charge in [0.25, 0.3) is 0 Å². The van der Waals surface area contributed by atoms with Gasteiger partial charge in [0.1, 0.15) is 0 Å². The minimum absolute atomic E-state index is 0.197. The highest BCUT2D eigenvalue weighted by Crippen LogP contribution is 1.91. The van der Waals surface area contributed by atoms with Crippen molar-refractivity contribution >= 4 is 29.0 Å². The second kappa shape index (κ2) is 7.94.